The van der Waals surface area contributed by atoms with Gasteiger partial charge in [0.05, 0.1) is 11.5 Å². The van der Waals surface area contributed by atoms with Gasteiger partial charge in [-0.2, -0.15) is 0 Å². The van der Waals surface area contributed by atoms with Crippen molar-refractivity contribution < 1.29 is 14.3 Å². The van der Waals surface area contributed by atoms with E-state index in [1.807, 2.05) is 54.6 Å². The summed E-state index contributed by atoms with van der Waals surface area (Å²) in [5.74, 6) is 0.350. The molecule has 0 radical (unpaired) electrons. The van der Waals surface area contributed by atoms with E-state index in [9.17, 15) is 9.59 Å². The molecule has 2 atom stereocenters. The first-order chi connectivity index (χ1) is 13.5. The van der Waals surface area contributed by atoms with E-state index in [1.54, 1.807) is 4.90 Å². The average molecular weight is 378 g/mol. The predicted octanol–water partition coefficient (Wildman–Crippen LogP) is 4.33. The Hall–Kier alpha value is -2.82. The molecule has 1 spiro atoms. The Labute approximate surface area is 165 Å². The van der Waals surface area contributed by atoms with Gasteiger partial charge in [0.15, 0.2) is 0 Å². The van der Waals surface area contributed by atoms with Gasteiger partial charge < -0.3 is 15.0 Å². The molecule has 28 heavy (non-hydrogen) atoms. The van der Waals surface area contributed by atoms with Crippen molar-refractivity contribution in [3.63, 3.8) is 0 Å². The van der Waals surface area contributed by atoms with Gasteiger partial charge in [-0.1, -0.05) is 62.4 Å². The molecule has 2 heterocycles. The van der Waals surface area contributed by atoms with Crippen LogP contribution in [0.4, 0.5) is 10.5 Å². The van der Waals surface area contributed by atoms with Crippen molar-refractivity contribution >= 4 is 17.7 Å². The average Bonchev–Trinajstić information content (AvgIpc) is 3.20. The van der Waals surface area contributed by atoms with Crippen LogP contribution in [0.25, 0.3) is 0 Å². The lowest BCUT2D eigenvalue weighted by Gasteiger charge is -2.34. The van der Waals surface area contributed by atoms with Gasteiger partial charge in [-0.15, -0.1) is 0 Å². The van der Waals surface area contributed by atoms with Gasteiger partial charge in [0.25, 0.3) is 0 Å². The summed E-state index contributed by atoms with van der Waals surface area (Å²) in [4.78, 5) is 27.8. The molecule has 1 fully saturated rings. The SMILES string of the molecule is CC(C)C[C@@H]1N(C(=O)OCc2ccccc2)CC[C@]12C(=O)Nc1ccccc12. The largest absolute Gasteiger partial charge is 0.445 e. The van der Waals surface area contributed by atoms with Gasteiger partial charge in [-0.25, -0.2) is 4.79 Å². The number of carbonyl (C=O) groups excluding carboxylic acids is 2. The number of hydrogen-bond acceptors (Lipinski definition) is 3. The number of fused-ring (bicyclic) bond motifs is 2. The maximum Gasteiger partial charge on any atom is 0.410 e. The highest BCUT2D eigenvalue weighted by atomic mass is 16.6. The second-order valence-electron chi connectivity index (χ2n) is 8.10. The number of nitrogens with one attached hydrogen (secondary N) is 1. The summed E-state index contributed by atoms with van der Waals surface area (Å²) in [7, 11) is 0. The molecule has 4 rings (SSSR count). The molecule has 0 bridgehead atoms. The van der Waals surface area contributed by atoms with Gasteiger partial charge in [0, 0.05) is 12.2 Å². The second kappa shape index (κ2) is 7.30. The first-order valence-corrected chi connectivity index (χ1v) is 9.90. The molecule has 0 aliphatic carbocycles. The van der Waals surface area contributed by atoms with Crippen molar-refractivity contribution in [3.05, 3.63) is 65.7 Å². The van der Waals surface area contributed by atoms with E-state index < -0.39 is 5.41 Å². The normalized spacial score (nSPS) is 23.2. The zero-order chi connectivity index (χ0) is 19.7. The van der Waals surface area contributed by atoms with Crippen LogP contribution in [0.15, 0.2) is 54.6 Å². The standard InChI is InChI=1S/C23H26N2O3/c1-16(2)14-20-23(18-10-6-7-11-19(18)24-21(23)26)12-13-25(20)22(27)28-15-17-8-4-3-5-9-17/h3-11,16,20H,12-15H2,1-2H3,(H,24,26)/t20-,23+/m0/s1. The van der Waals surface area contributed by atoms with E-state index in [1.165, 1.54) is 0 Å². The molecule has 0 saturated carbocycles. The number of para-hydroxylation sites is 1. The van der Waals surface area contributed by atoms with Crippen LogP contribution in [-0.4, -0.2) is 29.5 Å². The molecule has 0 aromatic heterocycles. The Morgan fingerprint density at radius 1 is 1.18 bits per heavy atom. The number of carbonyl (C=O) groups is 2. The molecule has 0 unspecified atom stereocenters. The monoisotopic (exact) mass is 378 g/mol. The summed E-state index contributed by atoms with van der Waals surface area (Å²) in [6.07, 6.45) is 1.03. The summed E-state index contributed by atoms with van der Waals surface area (Å²) in [5.41, 5.74) is 2.13. The first-order valence-electron chi connectivity index (χ1n) is 9.90. The van der Waals surface area contributed by atoms with Crippen LogP contribution in [0.1, 0.15) is 37.8 Å². The van der Waals surface area contributed by atoms with Crippen molar-refractivity contribution in [2.45, 2.75) is 44.8 Å². The zero-order valence-corrected chi connectivity index (χ0v) is 16.4. The fourth-order valence-electron chi connectivity index (χ4n) is 4.60. The number of hydrogen-bond donors (Lipinski definition) is 1. The van der Waals surface area contributed by atoms with Crippen LogP contribution < -0.4 is 5.32 Å². The molecule has 146 valence electrons. The Bertz CT molecular complexity index is 880. The van der Waals surface area contributed by atoms with Crippen molar-refractivity contribution in [2.75, 3.05) is 11.9 Å². The minimum atomic E-state index is -0.688. The van der Waals surface area contributed by atoms with Crippen LogP contribution >= 0.6 is 0 Å². The molecule has 2 aromatic carbocycles. The van der Waals surface area contributed by atoms with E-state index in [4.69, 9.17) is 4.74 Å². The minimum Gasteiger partial charge on any atom is -0.445 e. The summed E-state index contributed by atoms with van der Waals surface area (Å²) in [6.45, 7) is 5.00. The van der Waals surface area contributed by atoms with E-state index >= 15 is 0 Å². The van der Waals surface area contributed by atoms with Gasteiger partial charge in [0.1, 0.15) is 6.61 Å². The number of anilines is 1. The smallest absolute Gasteiger partial charge is 0.410 e. The summed E-state index contributed by atoms with van der Waals surface area (Å²) < 4.78 is 5.61. The fourth-order valence-corrected chi connectivity index (χ4v) is 4.60. The highest BCUT2D eigenvalue weighted by molar-refractivity contribution is 6.07. The molecule has 2 aliphatic heterocycles. The van der Waals surface area contributed by atoms with E-state index in [-0.39, 0.29) is 24.6 Å². The Balaban J connectivity index is 1.61. The number of likely N-dealkylation sites (tertiary alicyclic amines) is 1. The highest BCUT2D eigenvalue weighted by Gasteiger charge is 2.58. The summed E-state index contributed by atoms with van der Waals surface area (Å²) in [6, 6.07) is 17.3. The lowest BCUT2D eigenvalue weighted by molar-refractivity contribution is -0.121. The lowest BCUT2D eigenvalue weighted by atomic mass is 9.72. The number of benzene rings is 2. The third kappa shape index (κ3) is 3.05. The van der Waals surface area contributed by atoms with Crippen molar-refractivity contribution in [1.82, 2.24) is 4.90 Å². The second-order valence-corrected chi connectivity index (χ2v) is 8.10. The quantitative estimate of drug-likeness (QED) is 0.861. The minimum absolute atomic E-state index is 0.00212. The van der Waals surface area contributed by atoms with Crippen LogP contribution in [0.3, 0.4) is 0 Å². The van der Waals surface area contributed by atoms with Gasteiger partial charge in [-0.3, -0.25) is 4.79 Å². The van der Waals surface area contributed by atoms with Crippen LogP contribution in [0.5, 0.6) is 0 Å². The summed E-state index contributed by atoms with van der Waals surface area (Å²) >= 11 is 0. The van der Waals surface area contributed by atoms with Crippen molar-refractivity contribution in [3.8, 4) is 0 Å². The van der Waals surface area contributed by atoms with Crippen LogP contribution in [0.2, 0.25) is 0 Å². The van der Waals surface area contributed by atoms with Gasteiger partial charge in [0.2, 0.25) is 5.91 Å². The Morgan fingerprint density at radius 2 is 1.89 bits per heavy atom. The van der Waals surface area contributed by atoms with Crippen molar-refractivity contribution in [2.24, 2.45) is 5.92 Å². The molecular weight excluding hydrogens is 352 g/mol. The summed E-state index contributed by atoms with van der Waals surface area (Å²) in [5, 5.41) is 3.03. The van der Waals surface area contributed by atoms with Gasteiger partial charge in [-0.05, 0) is 36.0 Å². The molecule has 2 amide bonds. The first kappa shape index (κ1) is 18.5. The van der Waals surface area contributed by atoms with Crippen LogP contribution in [0, 0.1) is 5.92 Å². The molecule has 5 nitrogen and oxygen atoms in total. The maximum absolute atomic E-state index is 13.1. The molecule has 5 heteroatoms. The molecule has 2 aromatic rings. The van der Waals surface area contributed by atoms with E-state index in [0.29, 0.717) is 18.9 Å². The maximum atomic E-state index is 13.1. The lowest BCUT2D eigenvalue weighted by Crippen LogP contribution is -2.49. The molecular formula is C23H26N2O3. The van der Waals surface area contributed by atoms with E-state index in [0.717, 1.165) is 23.2 Å². The van der Waals surface area contributed by atoms with Crippen molar-refractivity contribution in [1.29, 1.82) is 0 Å². The number of rotatable bonds is 4. The molecule has 1 N–H and O–H groups in total. The zero-order valence-electron chi connectivity index (χ0n) is 16.4. The number of ether oxygens (including phenoxy) is 1. The van der Waals surface area contributed by atoms with E-state index in [2.05, 4.69) is 19.2 Å². The fraction of sp³-hybridized carbons (Fsp3) is 0.391. The predicted molar refractivity (Wildman–Crippen MR) is 108 cm³/mol. The Kier molecular flexibility index (Phi) is 4.84. The third-order valence-corrected chi connectivity index (χ3v) is 5.89. The number of nitrogens with zero attached hydrogens (tertiary/aromatic N) is 1. The topological polar surface area (TPSA) is 58.6 Å². The Morgan fingerprint density at radius 3 is 2.64 bits per heavy atom. The molecule has 2 aliphatic rings. The van der Waals surface area contributed by atoms with Gasteiger partial charge >= 0.3 is 6.09 Å². The number of amides is 2. The van der Waals surface area contributed by atoms with Crippen LogP contribution in [-0.2, 0) is 21.6 Å². The molecule has 1 saturated heterocycles. The highest BCUT2D eigenvalue weighted by Crippen LogP contribution is 2.49. The third-order valence-electron chi connectivity index (χ3n) is 5.89.